The highest BCUT2D eigenvalue weighted by Gasteiger charge is 2.30. The van der Waals surface area contributed by atoms with Gasteiger partial charge in [0.15, 0.2) is 0 Å². The monoisotopic (exact) mass is 209 g/mol. The lowest BCUT2D eigenvalue weighted by atomic mass is 10.1. The molecule has 14 heavy (non-hydrogen) atoms. The summed E-state index contributed by atoms with van der Waals surface area (Å²) in [4.78, 5) is 3.80. The first kappa shape index (κ1) is 11.7. The Labute approximate surface area is 89.4 Å². The van der Waals surface area contributed by atoms with E-state index in [1.807, 2.05) is 0 Å². The van der Waals surface area contributed by atoms with E-state index in [9.17, 15) is 0 Å². The van der Waals surface area contributed by atoms with Crippen LogP contribution in [-0.2, 0) is 0 Å². The second kappa shape index (κ2) is 4.03. The van der Waals surface area contributed by atoms with Crippen LogP contribution in [0.1, 0.15) is 33.6 Å². The standard InChI is InChI=1S/C12H23NSi/c1-12(2,3)13-14(4,5)11-9-7-6-8-10-11/h6-7,9,13H,8,10H2,1-5H3. The van der Waals surface area contributed by atoms with Crippen LogP contribution < -0.4 is 4.98 Å². The third-order valence-corrected chi connectivity index (χ3v) is 5.90. The third kappa shape index (κ3) is 3.43. The van der Waals surface area contributed by atoms with E-state index >= 15 is 0 Å². The van der Waals surface area contributed by atoms with E-state index in [4.69, 9.17) is 0 Å². The van der Waals surface area contributed by atoms with Crippen molar-refractivity contribution in [2.24, 2.45) is 0 Å². The smallest absolute Gasteiger partial charge is 0.147 e. The maximum absolute atomic E-state index is 3.80. The summed E-state index contributed by atoms with van der Waals surface area (Å²) in [7, 11) is -1.38. The van der Waals surface area contributed by atoms with Crippen molar-refractivity contribution in [3.8, 4) is 0 Å². The molecule has 0 aliphatic heterocycles. The zero-order valence-corrected chi connectivity index (χ0v) is 11.1. The van der Waals surface area contributed by atoms with Crippen LogP contribution in [0.25, 0.3) is 0 Å². The fourth-order valence-electron chi connectivity index (χ4n) is 2.14. The van der Waals surface area contributed by atoms with Gasteiger partial charge in [-0.15, -0.1) is 0 Å². The van der Waals surface area contributed by atoms with Gasteiger partial charge in [-0.3, -0.25) is 0 Å². The van der Waals surface area contributed by atoms with Gasteiger partial charge in [0, 0.05) is 5.54 Å². The van der Waals surface area contributed by atoms with Crippen LogP contribution in [0.5, 0.6) is 0 Å². The molecule has 0 radical (unpaired) electrons. The summed E-state index contributed by atoms with van der Waals surface area (Å²) in [6.45, 7) is 11.6. The molecular formula is C12H23NSi. The van der Waals surface area contributed by atoms with Gasteiger partial charge in [-0.2, -0.15) is 0 Å². The summed E-state index contributed by atoms with van der Waals surface area (Å²) < 4.78 is 0. The molecule has 0 saturated heterocycles. The van der Waals surface area contributed by atoms with Crippen molar-refractivity contribution in [1.82, 2.24) is 4.98 Å². The average molecular weight is 209 g/mol. The minimum atomic E-state index is -1.38. The molecule has 80 valence electrons. The summed E-state index contributed by atoms with van der Waals surface area (Å²) in [6.07, 6.45) is 9.24. The van der Waals surface area contributed by atoms with Crippen molar-refractivity contribution in [3.05, 3.63) is 23.4 Å². The SMILES string of the molecule is CC(C)(C)N[Si](C)(C)C1=CC=CCC1. The van der Waals surface area contributed by atoms with Crippen LogP contribution in [-0.4, -0.2) is 13.8 Å². The van der Waals surface area contributed by atoms with E-state index in [-0.39, 0.29) is 5.54 Å². The van der Waals surface area contributed by atoms with E-state index in [0.29, 0.717) is 0 Å². The molecule has 0 aromatic rings. The quantitative estimate of drug-likeness (QED) is 0.687. The van der Waals surface area contributed by atoms with Gasteiger partial charge in [0.1, 0.15) is 8.24 Å². The molecule has 1 N–H and O–H groups in total. The molecule has 1 nitrogen and oxygen atoms in total. The molecule has 1 rings (SSSR count). The number of hydrogen-bond donors (Lipinski definition) is 1. The molecule has 0 aromatic heterocycles. The van der Waals surface area contributed by atoms with E-state index in [0.717, 1.165) is 0 Å². The van der Waals surface area contributed by atoms with Gasteiger partial charge in [-0.05, 0) is 33.6 Å². The Balaban J connectivity index is 2.74. The predicted octanol–water partition coefficient (Wildman–Crippen LogP) is 3.40. The zero-order valence-electron chi connectivity index (χ0n) is 10.1. The molecule has 2 heteroatoms. The molecule has 0 atom stereocenters. The number of nitrogens with one attached hydrogen (secondary N) is 1. The van der Waals surface area contributed by atoms with Crippen LogP contribution in [0.3, 0.4) is 0 Å². The van der Waals surface area contributed by atoms with Crippen LogP contribution in [0, 0.1) is 0 Å². The van der Waals surface area contributed by atoms with Gasteiger partial charge in [-0.1, -0.05) is 36.5 Å². The Morgan fingerprint density at radius 2 is 1.93 bits per heavy atom. The first-order chi connectivity index (χ1) is 6.31. The molecule has 0 amide bonds. The highest BCUT2D eigenvalue weighted by Crippen LogP contribution is 2.23. The van der Waals surface area contributed by atoms with E-state index in [1.165, 1.54) is 12.8 Å². The molecule has 0 fully saturated rings. The lowest BCUT2D eigenvalue weighted by molar-refractivity contribution is 0.513. The van der Waals surface area contributed by atoms with Crippen molar-refractivity contribution in [2.75, 3.05) is 0 Å². The summed E-state index contributed by atoms with van der Waals surface area (Å²) in [5.74, 6) is 0. The fourth-order valence-corrected chi connectivity index (χ4v) is 5.46. The Hall–Kier alpha value is -0.343. The van der Waals surface area contributed by atoms with Gasteiger partial charge >= 0.3 is 0 Å². The first-order valence-corrected chi connectivity index (χ1v) is 8.47. The van der Waals surface area contributed by atoms with Gasteiger partial charge in [0.05, 0.1) is 0 Å². The molecule has 1 aliphatic carbocycles. The maximum atomic E-state index is 3.80. The van der Waals surface area contributed by atoms with Crippen LogP contribution in [0.4, 0.5) is 0 Å². The van der Waals surface area contributed by atoms with E-state index in [1.54, 1.807) is 5.20 Å². The lowest BCUT2D eigenvalue weighted by Gasteiger charge is -2.35. The lowest BCUT2D eigenvalue weighted by Crippen LogP contribution is -2.55. The molecule has 0 bridgehead atoms. The molecule has 1 aliphatic rings. The molecular weight excluding hydrogens is 186 g/mol. The molecule has 0 spiro atoms. The van der Waals surface area contributed by atoms with Crippen LogP contribution >= 0.6 is 0 Å². The number of allylic oxidation sites excluding steroid dienone is 4. The van der Waals surface area contributed by atoms with Gasteiger partial charge < -0.3 is 4.98 Å². The Morgan fingerprint density at radius 3 is 2.36 bits per heavy atom. The first-order valence-electron chi connectivity index (χ1n) is 5.47. The highest BCUT2D eigenvalue weighted by atomic mass is 28.3. The molecule has 0 unspecified atom stereocenters. The zero-order chi connectivity index (χ0) is 10.8. The predicted molar refractivity (Wildman–Crippen MR) is 66.8 cm³/mol. The highest BCUT2D eigenvalue weighted by molar-refractivity contribution is 6.82. The Bertz CT molecular complexity index is 256. The van der Waals surface area contributed by atoms with E-state index in [2.05, 4.69) is 57.1 Å². The largest absolute Gasteiger partial charge is 0.329 e. The van der Waals surface area contributed by atoms with Crippen LogP contribution in [0.15, 0.2) is 23.4 Å². The normalized spacial score (nSPS) is 18.2. The van der Waals surface area contributed by atoms with Gasteiger partial charge in [-0.25, -0.2) is 0 Å². The fraction of sp³-hybridized carbons (Fsp3) is 0.667. The topological polar surface area (TPSA) is 12.0 Å². The van der Waals surface area contributed by atoms with Gasteiger partial charge in [0.25, 0.3) is 0 Å². The summed E-state index contributed by atoms with van der Waals surface area (Å²) in [5, 5.41) is 1.65. The summed E-state index contributed by atoms with van der Waals surface area (Å²) in [6, 6.07) is 0. The second-order valence-electron chi connectivity index (χ2n) is 5.66. The molecule has 0 saturated carbocycles. The Morgan fingerprint density at radius 1 is 1.29 bits per heavy atom. The number of hydrogen-bond acceptors (Lipinski definition) is 1. The molecule has 0 heterocycles. The van der Waals surface area contributed by atoms with Crippen molar-refractivity contribution < 1.29 is 0 Å². The summed E-state index contributed by atoms with van der Waals surface area (Å²) in [5.41, 5.74) is 0.234. The van der Waals surface area contributed by atoms with Gasteiger partial charge in [0.2, 0.25) is 0 Å². The average Bonchev–Trinajstić information content (AvgIpc) is 2.01. The minimum Gasteiger partial charge on any atom is -0.329 e. The van der Waals surface area contributed by atoms with Crippen molar-refractivity contribution in [3.63, 3.8) is 0 Å². The van der Waals surface area contributed by atoms with Crippen molar-refractivity contribution in [1.29, 1.82) is 0 Å². The van der Waals surface area contributed by atoms with Crippen molar-refractivity contribution >= 4 is 8.24 Å². The second-order valence-corrected chi connectivity index (χ2v) is 9.80. The minimum absolute atomic E-state index is 0.234. The Kier molecular flexibility index (Phi) is 3.38. The molecule has 0 aromatic carbocycles. The maximum Gasteiger partial charge on any atom is 0.147 e. The van der Waals surface area contributed by atoms with Crippen molar-refractivity contribution in [2.45, 2.75) is 52.2 Å². The third-order valence-electron chi connectivity index (χ3n) is 2.50. The van der Waals surface area contributed by atoms with Crippen LogP contribution in [0.2, 0.25) is 13.1 Å². The summed E-state index contributed by atoms with van der Waals surface area (Å²) >= 11 is 0. The van der Waals surface area contributed by atoms with E-state index < -0.39 is 8.24 Å². The number of rotatable bonds is 2.